The van der Waals surface area contributed by atoms with Crippen LogP contribution < -0.4 is 4.90 Å². The number of hydrogen-bond acceptors (Lipinski definition) is 3. The summed E-state index contributed by atoms with van der Waals surface area (Å²) in [5.74, 6) is -1.16. The number of halogens is 1. The van der Waals surface area contributed by atoms with Gasteiger partial charge in [-0.15, -0.1) is 0 Å². The van der Waals surface area contributed by atoms with E-state index in [0.29, 0.717) is 23.2 Å². The van der Waals surface area contributed by atoms with Crippen LogP contribution in [0.4, 0.5) is 10.1 Å². The minimum absolute atomic E-state index is 0.0615. The molecule has 0 heterocycles. The Labute approximate surface area is 179 Å². The van der Waals surface area contributed by atoms with Crippen LogP contribution in [0.1, 0.15) is 50.9 Å². The van der Waals surface area contributed by atoms with Crippen LogP contribution in [-0.4, -0.2) is 17.5 Å². The van der Waals surface area contributed by atoms with Gasteiger partial charge in [0.25, 0.3) is 0 Å². The van der Waals surface area contributed by atoms with Crippen LogP contribution in [0.3, 0.4) is 0 Å². The fraction of sp³-hybridized carbons (Fsp3) is 0.160. The lowest BCUT2D eigenvalue weighted by Gasteiger charge is -2.21. The van der Waals surface area contributed by atoms with Crippen molar-refractivity contribution >= 4 is 18.1 Å². The summed E-state index contributed by atoms with van der Waals surface area (Å²) in [6.45, 7) is 0.178. The van der Waals surface area contributed by atoms with E-state index < -0.39 is 5.97 Å². The van der Waals surface area contributed by atoms with Gasteiger partial charge in [0.1, 0.15) is 5.82 Å². The zero-order chi connectivity index (χ0) is 22.0. The van der Waals surface area contributed by atoms with Crippen LogP contribution in [0.25, 0.3) is 0 Å². The van der Waals surface area contributed by atoms with Crippen molar-refractivity contribution in [2.45, 2.75) is 24.8 Å². The molecule has 0 spiro atoms. The highest BCUT2D eigenvalue weighted by Crippen LogP contribution is 2.56. The quantitative estimate of drug-likeness (QED) is 0.562. The molecule has 6 heteroatoms. The Kier molecular flexibility index (Phi) is 5.50. The van der Waals surface area contributed by atoms with E-state index in [1.165, 1.54) is 29.2 Å². The topological polar surface area (TPSA) is 81.4 Å². The highest BCUT2D eigenvalue weighted by molar-refractivity contribution is 5.88. The summed E-state index contributed by atoms with van der Waals surface area (Å²) in [6.07, 6.45) is 1.51. The van der Waals surface area contributed by atoms with E-state index in [2.05, 4.69) is 6.07 Å². The molecule has 1 amide bonds. The van der Waals surface area contributed by atoms with Crippen molar-refractivity contribution < 1.29 is 19.1 Å². The van der Waals surface area contributed by atoms with Gasteiger partial charge in [-0.2, -0.15) is 5.26 Å². The Hall–Kier alpha value is -3.98. The molecule has 3 aromatic rings. The first-order valence-electron chi connectivity index (χ1n) is 9.84. The lowest BCUT2D eigenvalue weighted by Crippen LogP contribution is -2.22. The van der Waals surface area contributed by atoms with E-state index in [-0.39, 0.29) is 29.8 Å². The molecule has 1 aliphatic carbocycles. The molecule has 2 atom stereocenters. The molecule has 2 unspecified atom stereocenters. The Morgan fingerprint density at radius 1 is 1.13 bits per heavy atom. The molecule has 5 nitrogen and oxygen atoms in total. The van der Waals surface area contributed by atoms with Gasteiger partial charge in [-0.05, 0) is 77.4 Å². The number of amides is 1. The van der Waals surface area contributed by atoms with Crippen molar-refractivity contribution in [3.05, 3.63) is 100 Å². The Morgan fingerprint density at radius 3 is 2.58 bits per heavy atom. The van der Waals surface area contributed by atoms with E-state index in [1.54, 1.807) is 30.3 Å². The summed E-state index contributed by atoms with van der Waals surface area (Å²) in [6, 6.07) is 20.2. The Morgan fingerprint density at radius 2 is 1.90 bits per heavy atom. The van der Waals surface area contributed by atoms with Gasteiger partial charge in [-0.1, -0.05) is 24.3 Å². The first kappa shape index (κ1) is 20.3. The lowest BCUT2D eigenvalue weighted by atomic mass is 10.0. The number of hydrogen-bond donors (Lipinski definition) is 1. The van der Waals surface area contributed by atoms with Crippen molar-refractivity contribution in [3.8, 4) is 6.07 Å². The van der Waals surface area contributed by atoms with Gasteiger partial charge in [-0.25, -0.2) is 9.18 Å². The highest BCUT2D eigenvalue weighted by atomic mass is 19.1. The highest BCUT2D eigenvalue weighted by Gasteiger charge is 2.41. The molecule has 0 bridgehead atoms. The number of carboxylic acids is 1. The van der Waals surface area contributed by atoms with Crippen LogP contribution in [0, 0.1) is 17.1 Å². The van der Waals surface area contributed by atoms with Gasteiger partial charge in [-0.3, -0.25) is 4.79 Å². The number of aromatic carboxylic acids is 1. The zero-order valence-corrected chi connectivity index (χ0v) is 16.5. The predicted molar refractivity (Wildman–Crippen MR) is 113 cm³/mol. The standard InChI is InChI=1S/C25H19FN2O3/c26-20-8-9-24(28(15-29)14-17-2-1-3-19(10-17)25(30)31)23(11-20)22-12-21(22)18-6-4-16(13-27)5-7-18/h1-11,15,21-22H,12,14H2,(H,30,31). The second-order valence-corrected chi connectivity index (χ2v) is 7.62. The smallest absolute Gasteiger partial charge is 0.335 e. The summed E-state index contributed by atoms with van der Waals surface area (Å²) < 4.78 is 14.1. The fourth-order valence-electron chi connectivity index (χ4n) is 3.97. The molecule has 1 aliphatic rings. The van der Waals surface area contributed by atoms with Crippen LogP contribution >= 0.6 is 0 Å². The van der Waals surface area contributed by atoms with E-state index >= 15 is 0 Å². The maximum absolute atomic E-state index is 14.1. The molecule has 1 fully saturated rings. The summed E-state index contributed by atoms with van der Waals surface area (Å²) in [4.78, 5) is 24.6. The predicted octanol–water partition coefficient (Wildman–Crippen LogP) is 4.83. The monoisotopic (exact) mass is 414 g/mol. The molecular weight excluding hydrogens is 395 g/mol. The molecule has 154 valence electrons. The van der Waals surface area contributed by atoms with Crippen molar-refractivity contribution in [3.63, 3.8) is 0 Å². The molecule has 0 aromatic heterocycles. The number of carbonyl (C=O) groups excluding carboxylic acids is 1. The van der Waals surface area contributed by atoms with Gasteiger partial charge in [0, 0.05) is 5.69 Å². The number of carbonyl (C=O) groups is 2. The third-order valence-corrected chi connectivity index (χ3v) is 5.61. The second kappa shape index (κ2) is 8.41. The number of benzene rings is 3. The van der Waals surface area contributed by atoms with Crippen LogP contribution in [0.2, 0.25) is 0 Å². The fourth-order valence-corrected chi connectivity index (χ4v) is 3.97. The van der Waals surface area contributed by atoms with Crippen molar-refractivity contribution in [1.29, 1.82) is 5.26 Å². The molecule has 4 rings (SSSR count). The van der Waals surface area contributed by atoms with Crippen molar-refractivity contribution in [2.75, 3.05) is 4.90 Å². The summed E-state index contributed by atoms with van der Waals surface area (Å²) in [5.41, 5.74) is 3.83. The molecule has 1 saturated carbocycles. The third-order valence-electron chi connectivity index (χ3n) is 5.61. The summed E-state index contributed by atoms with van der Waals surface area (Å²) >= 11 is 0. The average molecular weight is 414 g/mol. The maximum atomic E-state index is 14.1. The molecule has 31 heavy (non-hydrogen) atoms. The largest absolute Gasteiger partial charge is 0.478 e. The van der Waals surface area contributed by atoms with Crippen LogP contribution in [0.15, 0.2) is 66.7 Å². The molecular formula is C25H19FN2O3. The first-order chi connectivity index (χ1) is 15.0. The van der Waals surface area contributed by atoms with Gasteiger partial charge >= 0.3 is 5.97 Å². The average Bonchev–Trinajstić information content (AvgIpc) is 3.59. The van der Waals surface area contributed by atoms with Gasteiger partial charge < -0.3 is 10.0 Å². The van der Waals surface area contributed by atoms with Gasteiger partial charge in [0.15, 0.2) is 0 Å². The van der Waals surface area contributed by atoms with Crippen LogP contribution in [0.5, 0.6) is 0 Å². The van der Waals surface area contributed by atoms with Gasteiger partial charge in [0.05, 0.1) is 23.7 Å². The van der Waals surface area contributed by atoms with E-state index in [4.69, 9.17) is 5.26 Å². The number of rotatable bonds is 7. The molecule has 1 N–H and O–H groups in total. The molecule has 0 radical (unpaired) electrons. The number of carboxylic acid groups (broad SMARTS) is 1. The minimum atomic E-state index is -1.04. The van der Waals surface area contributed by atoms with Crippen LogP contribution in [-0.2, 0) is 11.3 Å². The zero-order valence-electron chi connectivity index (χ0n) is 16.5. The third kappa shape index (κ3) is 4.31. The molecule has 3 aromatic carbocycles. The van der Waals surface area contributed by atoms with E-state index in [9.17, 15) is 19.1 Å². The number of anilines is 1. The minimum Gasteiger partial charge on any atom is -0.478 e. The second-order valence-electron chi connectivity index (χ2n) is 7.62. The lowest BCUT2D eigenvalue weighted by molar-refractivity contribution is -0.107. The maximum Gasteiger partial charge on any atom is 0.335 e. The normalized spacial score (nSPS) is 16.9. The Balaban J connectivity index is 1.61. The SMILES string of the molecule is N#Cc1ccc(C2CC2c2cc(F)ccc2N(C=O)Cc2cccc(C(=O)O)c2)cc1. The first-order valence-corrected chi connectivity index (χ1v) is 9.84. The Bertz CT molecular complexity index is 1180. The van der Waals surface area contributed by atoms with E-state index in [1.807, 2.05) is 12.1 Å². The van der Waals surface area contributed by atoms with E-state index in [0.717, 1.165) is 17.5 Å². The van der Waals surface area contributed by atoms with Gasteiger partial charge in [0.2, 0.25) is 6.41 Å². The van der Waals surface area contributed by atoms with Crippen molar-refractivity contribution in [2.24, 2.45) is 0 Å². The number of nitrogens with zero attached hydrogens (tertiary/aromatic N) is 2. The summed E-state index contributed by atoms with van der Waals surface area (Å²) in [7, 11) is 0. The molecule has 0 aliphatic heterocycles. The summed E-state index contributed by atoms with van der Waals surface area (Å²) in [5, 5.41) is 18.2. The molecule has 0 saturated heterocycles. The number of nitriles is 1. The van der Waals surface area contributed by atoms with Crippen molar-refractivity contribution in [1.82, 2.24) is 0 Å².